The summed E-state index contributed by atoms with van der Waals surface area (Å²) >= 11 is 9.53. The molecule has 0 saturated heterocycles. The van der Waals surface area contributed by atoms with Crippen molar-refractivity contribution in [2.45, 2.75) is 39.8 Å². The number of hydrogen-bond donors (Lipinski definition) is 2. The molecule has 0 radical (unpaired) electrons. The maximum Gasteiger partial charge on any atom is 0.262 e. The molecule has 0 aliphatic heterocycles. The lowest BCUT2D eigenvalue weighted by Crippen LogP contribution is -2.48. The highest BCUT2D eigenvalue weighted by Gasteiger charge is 2.25. The smallest absolute Gasteiger partial charge is 0.262 e. The predicted molar refractivity (Wildman–Crippen MR) is 123 cm³/mol. The van der Waals surface area contributed by atoms with Crippen LogP contribution in [0, 0.1) is 5.92 Å². The Labute approximate surface area is 190 Å². The molecule has 0 bridgehead atoms. The Kier molecular flexibility index (Phi) is 8.87. The van der Waals surface area contributed by atoms with Gasteiger partial charge in [0.25, 0.3) is 11.8 Å². The summed E-state index contributed by atoms with van der Waals surface area (Å²) in [5, 5.41) is 7.06. The normalized spacial score (nSPS) is 12.3. The SMILES string of the molecule is CC(C)Oc1ccc(/C=N/NC(=O)C(NC(=O)c2ccccc2Cl)C(C)C)cc1Br. The number of hydrazone groups is 1. The highest BCUT2D eigenvalue weighted by molar-refractivity contribution is 9.10. The van der Waals surface area contributed by atoms with Crippen molar-refractivity contribution in [3.8, 4) is 5.75 Å². The molecular weight excluding hydrogens is 470 g/mol. The fourth-order valence-corrected chi connectivity index (χ4v) is 3.30. The van der Waals surface area contributed by atoms with E-state index in [-0.39, 0.29) is 12.0 Å². The number of carbonyl (C=O) groups excluding carboxylic acids is 2. The molecule has 2 aromatic carbocycles. The topological polar surface area (TPSA) is 79.8 Å². The molecule has 0 saturated carbocycles. The second-order valence-electron chi connectivity index (χ2n) is 7.27. The molecule has 2 N–H and O–H groups in total. The lowest BCUT2D eigenvalue weighted by Gasteiger charge is -2.20. The molecule has 1 atom stereocenters. The van der Waals surface area contributed by atoms with Gasteiger partial charge in [-0.15, -0.1) is 0 Å². The number of halogens is 2. The molecule has 0 heterocycles. The molecule has 2 rings (SSSR count). The molecule has 0 aromatic heterocycles. The molecule has 2 amide bonds. The van der Waals surface area contributed by atoms with E-state index in [4.69, 9.17) is 16.3 Å². The molecule has 30 heavy (non-hydrogen) atoms. The third-order valence-corrected chi connectivity index (χ3v) is 5.01. The van der Waals surface area contributed by atoms with E-state index in [1.165, 1.54) is 6.21 Å². The summed E-state index contributed by atoms with van der Waals surface area (Å²) in [7, 11) is 0. The van der Waals surface area contributed by atoms with Gasteiger partial charge in [-0.05, 0) is 71.6 Å². The highest BCUT2D eigenvalue weighted by atomic mass is 79.9. The van der Waals surface area contributed by atoms with Crippen molar-refractivity contribution >= 4 is 45.6 Å². The minimum absolute atomic E-state index is 0.0639. The van der Waals surface area contributed by atoms with Crippen LogP contribution in [0.2, 0.25) is 5.02 Å². The molecule has 0 spiro atoms. The van der Waals surface area contributed by atoms with E-state index < -0.39 is 17.9 Å². The van der Waals surface area contributed by atoms with Crippen LogP contribution in [0.4, 0.5) is 0 Å². The van der Waals surface area contributed by atoms with Crippen LogP contribution in [0.1, 0.15) is 43.6 Å². The summed E-state index contributed by atoms with van der Waals surface area (Å²) in [6, 6.07) is 11.4. The number of benzene rings is 2. The quantitative estimate of drug-likeness (QED) is 0.409. The van der Waals surface area contributed by atoms with E-state index in [1.807, 2.05) is 45.9 Å². The van der Waals surface area contributed by atoms with Gasteiger partial charge in [0.1, 0.15) is 11.8 Å². The Morgan fingerprint density at radius 2 is 1.83 bits per heavy atom. The van der Waals surface area contributed by atoms with Crippen LogP contribution in [0.25, 0.3) is 0 Å². The molecule has 2 aromatic rings. The Balaban J connectivity index is 2.02. The number of nitrogens with zero attached hydrogens (tertiary/aromatic N) is 1. The first-order valence-electron chi connectivity index (χ1n) is 9.53. The van der Waals surface area contributed by atoms with Gasteiger partial charge in [0.2, 0.25) is 0 Å². The number of carbonyl (C=O) groups is 2. The highest BCUT2D eigenvalue weighted by Crippen LogP contribution is 2.26. The van der Waals surface area contributed by atoms with E-state index >= 15 is 0 Å². The fourth-order valence-electron chi connectivity index (χ4n) is 2.59. The van der Waals surface area contributed by atoms with Gasteiger partial charge >= 0.3 is 0 Å². The lowest BCUT2D eigenvalue weighted by atomic mass is 10.0. The lowest BCUT2D eigenvalue weighted by molar-refractivity contribution is -0.123. The monoisotopic (exact) mass is 493 g/mol. The Morgan fingerprint density at radius 3 is 2.43 bits per heavy atom. The number of nitrogens with one attached hydrogen (secondary N) is 2. The van der Waals surface area contributed by atoms with Crippen molar-refractivity contribution < 1.29 is 14.3 Å². The van der Waals surface area contributed by atoms with Gasteiger partial charge in [-0.1, -0.05) is 37.6 Å². The zero-order valence-corrected chi connectivity index (χ0v) is 19.6. The van der Waals surface area contributed by atoms with Crippen LogP contribution >= 0.6 is 27.5 Å². The molecule has 160 valence electrons. The summed E-state index contributed by atoms with van der Waals surface area (Å²) in [5.41, 5.74) is 3.58. The van der Waals surface area contributed by atoms with Crippen molar-refractivity contribution in [1.29, 1.82) is 0 Å². The van der Waals surface area contributed by atoms with Crippen molar-refractivity contribution in [3.05, 3.63) is 63.1 Å². The van der Waals surface area contributed by atoms with Crippen molar-refractivity contribution in [1.82, 2.24) is 10.7 Å². The molecular formula is C22H25BrClN3O3. The number of hydrogen-bond acceptors (Lipinski definition) is 4. The Bertz CT molecular complexity index is 932. The Morgan fingerprint density at radius 1 is 1.13 bits per heavy atom. The van der Waals surface area contributed by atoms with Gasteiger partial charge in [0.15, 0.2) is 0 Å². The molecule has 8 heteroatoms. The summed E-state index contributed by atoms with van der Waals surface area (Å²) in [4.78, 5) is 25.1. The summed E-state index contributed by atoms with van der Waals surface area (Å²) in [6.07, 6.45) is 1.59. The van der Waals surface area contributed by atoms with Crippen LogP contribution in [0.5, 0.6) is 5.75 Å². The zero-order chi connectivity index (χ0) is 22.3. The van der Waals surface area contributed by atoms with Crippen LogP contribution < -0.4 is 15.5 Å². The largest absolute Gasteiger partial charge is 0.490 e. The predicted octanol–water partition coefficient (Wildman–Crippen LogP) is 4.79. The minimum Gasteiger partial charge on any atom is -0.490 e. The maximum atomic E-state index is 12.6. The molecule has 0 aliphatic carbocycles. The van der Waals surface area contributed by atoms with Gasteiger partial charge in [-0.2, -0.15) is 5.10 Å². The average Bonchev–Trinajstić information content (AvgIpc) is 2.67. The molecule has 0 fully saturated rings. The fraction of sp³-hybridized carbons (Fsp3) is 0.318. The van der Waals surface area contributed by atoms with Crippen LogP contribution in [0.3, 0.4) is 0 Å². The number of rotatable bonds is 8. The third kappa shape index (κ3) is 6.85. The van der Waals surface area contributed by atoms with E-state index in [9.17, 15) is 9.59 Å². The summed E-state index contributed by atoms with van der Waals surface area (Å²) in [5.74, 6) is -0.245. The zero-order valence-electron chi connectivity index (χ0n) is 17.3. The summed E-state index contributed by atoms with van der Waals surface area (Å²) in [6.45, 7) is 7.58. The average molecular weight is 495 g/mol. The first-order chi connectivity index (χ1) is 14.2. The van der Waals surface area contributed by atoms with Crippen LogP contribution in [0.15, 0.2) is 52.0 Å². The van der Waals surface area contributed by atoms with Crippen molar-refractivity contribution in [3.63, 3.8) is 0 Å². The van der Waals surface area contributed by atoms with Gasteiger partial charge in [-0.3, -0.25) is 9.59 Å². The first kappa shape index (κ1) is 23.9. The second-order valence-corrected chi connectivity index (χ2v) is 8.53. The third-order valence-electron chi connectivity index (χ3n) is 4.06. The van der Waals surface area contributed by atoms with Crippen LogP contribution in [-0.2, 0) is 4.79 Å². The van der Waals surface area contributed by atoms with E-state index in [1.54, 1.807) is 24.3 Å². The standard InChI is InChI=1S/C22H25BrClN3O3/c1-13(2)20(26-21(28)16-7-5-6-8-18(16)24)22(29)27-25-12-15-9-10-19(17(23)11-15)30-14(3)4/h5-14,20H,1-4H3,(H,26,28)(H,27,29)/b25-12+. The number of amides is 2. The van der Waals surface area contributed by atoms with Gasteiger partial charge in [0.05, 0.1) is 27.4 Å². The van der Waals surface area contributed by atoms with Crippen molar-refractivity contribution in [2.75, 3.05) is 0 Å². The van der Waals surface area contributed by atoms with Gasteiger partial charge in [0, 0.05) is 0 Å². The van der Waals surface area contributed by atoms with Crippen molar-refractivity contribution in [2.24, 2.45) is 11.0 Å². The second kappa shape index (κ2) is 11.1. The summed E-state index contributed by atoms with van der Waals surface area (Å²) < 4.78 is 6.46. The van der Waals surface area contributed by atoms with Gasteiger partial charge < -0.3 is 10.1 Å². The minimum atomic E-state index is -0.764. The number of ether oxygens (including phenoxy) is 1. The van der Waals surface area contributed by atoms with E-state index in [0.717, 1.165) is 15.8 Å². The van der Waals surface area contributed by atoms with E-state index in [0.29, 0.717) is 10.6 Å². The van der Waals surface area contributed by atoms with Gasteiger partial charge in [-0.25, -0.2) is 5.43 Å². The van der Waals surface area contributed by atoms with E-state index in [2.05, 4.69) is 31.8 Å². The molecule has 1 unspecified atom stereocenters. The first-order valence-corrected chi connectivity index (χ1v) is 10.7. The van der Waals surface area contributed by atoms with Crippen LogP contribution in [-0.4, -0.2) is 30.2 Å². The Hall–Kier alpha value is -2.38. The maximum absolute atomic E-state index is 12.6. The molecule has 6 nitrogen and oxygen atoms in total. The molecule has 0 aliphatic rings.